The molecule has 21 heavy (non-hydrogen) atoms. The van der Waals surface area contributed by atoms with E-state index in [9.17, 15) is 4.79 Å². The van der Waals surface area contributed by atoms with Crippen molar-refractivity contribution in [1.82, 2.24) is 15.3 Å². The van der Waals surface area contributed by atoms with Gasteiger partial charge in [0.15, 0.2) is 0 Å². The third kappa shape index (κ3) is 3.52. The number of hydrogen-bond donors (Lipinski definition) is 1. The van der Waals surface area contributed by atoms with E-state index in [0.717, 1.165) is 0 Å². The fraction of sp³-hybridized carbons (Fsp3) is 0.333. The highest BCUT2D eigenvalue weighted by molar-refractivity contribution is 7.20. The van der Waals surface area contributed by atoms with Crippen LogP contribution in [0.4, 0.5) is 0 Å². The second-order valence-electron chi connectivity index (χ2n) is 4.30. The maximum absolute atomic E-state index is 12.3. The van der Waals surface area contributed by atoms with Crippen LogP contribution >= 0.6 is 46.1 Å². The predicted octanol–water partition coefficient (Wildman–Crippen LogP) is 4.07. The van der Waals surface area contributed by atoms with Gasteiger partial charge in [0.2, 0.25) is 0 Å². The molecule has 0 aliphatic heterocycles. The lowest BCUT2D eigenvalue weighted by molar-refractivity contribution is -0.119. The van der Waals surface area contributed by atoms with Crippen LogP contribution in [0, 0.1) is 0 Å². The number of H-pyrrole nitrogens is 1. The highest BCUT2D eigenvalue weighted by atomic mass is 35.5. The topological polar surface area (TPSA) is 58.2 Å². The second-order valence-corrected chi connectivity index (χ2v) is 6.90. The van der Waals surface area contributed by atoms with Gasteiger partial charge >= 0.3 is 0 Å². The van der Waals surface area contributed by atoms with Gasteiger partial charge in [-0.2, -0.15) is 5.10 Å². The zero-order valence-electron chi connectivity index (χ0n) is 11.2. The molecule has 2 aromatic rings. The van der Waals surface area contributed by atoms with E-state index in [2.05, 4.69) is 10.2 Å². The fourth-order valence-electron chi connectivity index (χ4n) is 1.90. The molecule has 2 aromatic heterocycles. The Bertz CT molecular complexity index is 630. The van der Waals surface area contributed by atoms with E-state index in [1.807, 2.05) is 6.92 Å². The van der Waals surface area contributed by atoms with Crippen LogP contribution in [-0.4, -0.2) is 34.3 Å². The number of rotatable bonds is 5. The Kier molecular flexibility index (Phi) is 5.51. The van der Waals surface area contributed by atoms with Gasteiger partial charge < -0.3 is 0 Å². The van der Waals surface area contributed by atoms with Gasteiger partial charge in [-0.3, -0.25) is 14.7 Å². The summed E-state index contributed by atoms with van der Waals surface area (Å²) in [6.45, 7) is 1.83. The average Bonchev–Trinajstić information content (AvgIpc) is 3.05. The van der Waals surface area contributed by atoms with Crippen LogP contribution in [0.15, 0.2) is 12.4 Å². The van der Waals surface area contributed by atoms with Gasteiger partial charge in [-0.15, -0.1) is 11.3 Å². The quantitative estimate of drug-likeness (QED) is 0.809. The molecule has 0 saturated carbocycles. The van der Waals surface area contributed by atoms with Crippen molar-refractivity contribution in [1.29, 1.82) is 0 Å². The number of nitrogens with one attached hydrogen (secondary N) is 1. The molecule has 114 valence electrons. The van der Waals surface area contributed by atoms with Crippen LogP contribution in [0.5, 0.6) is 0 Å². The van der Waals surface area contributed by atoms with E-state index in [1.165, 1.54) is 35.9 Å². The molecule has 1 N–H and O–H groups in total. The van der Waals surface area contributed by atoms with Crippen molar-refractivity contribution in [2.45, 2.75) is 19.4 Å². The standard InChI is InChI=1S/C12H12Cl3N3O2S/c1-6(3-8-9(13)11(15)21-10(8)14)18(20-2)12(19)7-4-16-17-5-7/h4-6H,3H2,1-2H3,(H,16,17). The van der Waals surface area contributed by atoms with Crippen molar-refractivity contribution in [3.05, 3.63) is 37.2 Å². The van der Waals surface area contributed by atoms with Crippen molar-refractivity contribution < 1.29 is 9.63 Å². The van der Waals surface area contributed by atoms with Gasteiger partial charge in [0.05, 0.1) is 34.3 Å². The first-order valence-corrected chi connectivity index (χ1v) is 7.89. The highest BCUT2D eigenvalue weighted by Gasteiger charge is 2.25. The lowest BCUT2D eigenvalue weighted by Crippen LogP contribution is -2.38. The van der Waals surface area contributed by atoms with Crippen LogP contribution in [-0.2, 0) is 11.3 Å². The molecule has 0 fully saturated rings. The van der Waals surface area contributed by atoms with Crippen molar-refractivity contribution in [2.75, 3.05) is 7.11 Å². The summed E-state index contributed by atoms with van der Waals surface area (Å²) >= 11 is 19.4. The third-order valence-electron chi connectivity index (χ3n) is 2.90. The lowest BCUT2D eigenvalue weighted by Gasteiger charge is -2.26. The predicted molar refractivity (Wildman–Crippen MR) is 84.3 cm³/mol. The van der Waals surface area contributed by atoms with Crippen molar-refractivity contribution in [3.8, 4) is 0 Å². The number of hydrogen-bond acceptors (Lipinski definition) is 4. The third-order valence-corrected chi connectivity index (χ3v) is 5.21. The average molecular weight is 369 g/mol. The van der Waals surface area contributed by atoms with Gasteiger partial charge in [0.25, 0.3) is 5.91 Å². The first-order valence-electron chi connectivity index (χ1n) is 5.94. The van der Waals surface area contributed by atoms with Gasteiger partial charge in [-0.05, 0) is 13.3 Å². The number of amides is 1. The van der Waals surface area contributed by atoms with Crippen LogP contribution in [0.1, 0.15) is 22.8 Å². The SMILES string of the molecule is CON(C(=O)c1cn[nH]c1)C(C)Cc1c(Cl)sc(Cl)c1Cl. The summed E-state index contributed by atoms with van der Waals surface area (Å²) < 4.78 is 0.956. The Labute approximate surface area is 140 Å². The van der Waals surface area contributed by atoms with E-state index in [-0.39, 0.29) is 11.9 Å². The normalized spacial score (nSPS) is 12.4. The molecule has 1 atom stereocenters. The second kappa shape index (κ2) is 6.98. The number of carbonyl (C=O) groups excluding carboxylic acids is 1. The fourth-order valence-corrected chi connectivity index (χ4v) is 3.83. The number of aromatic nitrogens is 2. The minimum Gasteiger partial charge on any atom is -0.285 e. The molecule has 1 amide bonds. The Hall–Kier alpha value is -0.790. The summed E-state index contributed by atoms with van der Waals surface area (Å²) in [7, 11) is 1.43. The molecule has 0 spiro atoms. The van der Waals surface area contributed by atoms with E-state index in [0.29, 0.717) is 31.2 Å². The monoisotopic (exact) mass is 367 g/mol. The molecule has 2 heterocycles. The Morgan fingerprint density at radius 1 is 1.48 bits per heavy atom. The molecular formula is C12H12Cl3N3O2S. The number of carbonyl (C=O) groups is 1. The molecule has 0 radical (unpaired) electrons. The summed E-state index contributed by atoms with van der Waals surface area (Å²) in [5.74, 6) is -0.299. The largest absolute Gasteiger partial charge is 0.285 e. The lowest BCUT2D eigenvalue weighted by atomic mass is 10.1. The van der Waals surface area contributed by atoms with Crippen molar-refractivity contribution in [2.24, 2.45) is 0 Å². The van der Waals surface area contributed by atoms with E-state index in [4.69, 9.17) is 39.6 Å². The van der Waals surface area contributed by atoms with Crippen LogP contribution in [0.2, 0.25) is 13.7 Å². The summed E-state index contributed by atoms with van der Waals surface area (Å²) in [5.41, 5.74) is 1.12. The van der Waals surface area contributed by atoms with Crippen LogP contribution in [0.3, 0.4) is 0 Å². The summed E-state index contributed by atoms with van der Waals surface area (Å²) in [6.07, 6.45) is 3.36. The van der Waals surface area contributed by atoms with Gasteiger partial charge in [-0.1, -0.05) is 34.8 Å². The minimum absolute atomic E-state index is 0.280. The first kappa shape index (κ1) is 16.6. The zero-order chi connectivity index (χ0) is 15.6. The van der Waals surface area contributed by atoms with Gasteiger partial charge in [-0.25, -0.2) is 5.06 Å². The molecule has 0 bridgehead atoms. The van der Waals surface area contributed by atoms with E-state index < -0.39 is 0 Å². The molecule has 0 aliphatic rings. The highest BCUT2D eigenvalue weighted by Crippen LogP contribution is 2.40. The minimum atomic E-state index is -0.299. The number of hydroxylamine groups is 2. The van der Waals surface area contributed by atoms with Gasteiger partial charge in [0.1, 0.15) is 4.34 Å². The first-order chi connectivity index (χ1) is 9.95. The number of aromatic amines is 1. The molecule has 9 heteroatoms. The maximum atomic E-state index is 12.3. The number of nitrogens with zero attached hydrogens (tertiary/aromatic N) is 2. The number of halogens is 3. The molecule has 2 rings (SSSR count). The maximum Gasteiger partial charge on any atom is 0.280 e. The van der Waals surface area contributed by atoms with E-state index in [1.54, 1.807) is 0 Å². The van der Waals surface area contributed by atoms with Gasteiger partial charge in [0, 0.05) is 11.8 Å². The zero-order valence-corrected chi connectivity index (χ0v) is 14.3. The van der Waals surface area contributed by atoms with Crippen LogP contribution < -0.4 is 0 Å². The number of thiophene rings is 1. The van der Waals surface area contributed by atoms with E-state index >= 15 is 0 Å². The van der Waals surface area contributed by atoms with Crippen molar-refractivity contribution in [3.63, 3.8) is 0 Å². The summed E-state index contributed by atoms with van der Waals surface area (Å²) in [4.78, 5) is 17.5. The van der Waals surface area contributed by atoms with Crippen LogP contribution in [0.25, 0.3) is 0 Å². The molecular weight excluding hydrogens is 357 g/mol. The smallest absolute Gasteiger partial charge is 0.280 e. The van der Waals surface area contributed by atoms with Crippen molar-refractivity contribution >= 4 is 52.0 Å². The Morgan fingerprint density at radius 2 is 2.19 bits per heavy atom. The molecule has 5 nitrogen and oxygen atoms in total. The Balaban J connectivity index is 2.17. The molecule has 0 saturated heterocycles. The Morgan fingerprint density at radius 3 is 2.67 bits per heavy atom. The summed E-state index contributed by atoms with van der Waals surface area (Å²) in [5, 5.41) is 8.01. The molecule has 0 aromatic carbocycles. The molecule has 1 unspecified atom stereocenters. The summed E-state index contributed by atoms with van der Waals surface area (Å²) in [6, 6.07) is -0.280. The molecule has 0 aliphatic carbocycles.